The lowest BCUT2D eigenvalue weighted by atomic mass is 9.56. The molecule has 7 unspecified atom stereocenters. The molecule has 3 fully saturated rings. The normalized spacial score (nSPS) is 40.5. The fraction of sp³-hybridized carbons (Fsp3) is 0.786. The molecular formula is C28H48N4. The zero-order valence-corrected chi connectivity index (χ0v) is 20.5. The van der Waals surface area contributed by atoms with Crippen LogP contribution in [0, 0.1) is 35.5 Å². The number of nitrogens with two attached hydrogens (primary N) is 4. The van der Waals surface area contributed by atoms with E-state index in [9.17, 15) is 0 Å². The van der Waals surface area contributed by atoms with Gasteiger partial charge in [-0.2, -0.15) is 0 Å². The van der Waals surface area contributed by atoms with Crippen LogP contribution < -0.4 is 22.9 Å². The van der Waals surface area contributed by atoms with Crippen molar-refractivity contribution in [3.8, 4) is 0 Å². The topological polar surface area (TPSA) is 104 Å². The minimum Gasteiger partial charge on any atom is -0.399 e. The first-order valence-electron chi connectivity index (χ1n) is 13.5. The summed E-state index contributed by atoms with van der Waals surface area (Å²) in [7, 11) is 0. The molecule has 0 spiro atoms. The molecule has 1 aromatic carbocycles. The molecule has 180 valence electrons. The second-order valence-electron chi connectivity index (χ2n) is 11.9. The lowest BCUT2D eigenvalue weighted by molar-refractivity contribution is 0.0508. The van der Waals surface area contributed by atoms with E-state index >= 15 is 0 Å². The summed E-state index contributed by atoms with van der Waals surface area (Å²) in [5.41, 5.74) is 27.8. The highest BCUT2D eigenvalue weighted by Crippen LogP contribution is 2.53. The van der Waals surface area contributed by atoms with Gasteiger partial charge in [-0.3, -0.25) is 0 Å². The van der Waals surface area contributed by atoms with Gasteiger partial charge >= 0.3 is 0 Å². The highest BCUT2D eigenvalue weighted by molar-refractivity contribution is 5.40. The molecule has 3 aliphatic rings. The van der Waals surface area contributed by atoms with Gasteiger partial charge < -0.3 is 22.9 Å². The van der Waals surface area contributed by atoms with Gasteiger partial charge in [0.15, 0.2) is 0 Å². The number of hydrogen-bond donors (Lipinski definition) is 4. The number of nitrogen functional groups attached to an aromatic ring is 1. The first kappa shape index (κ1) is 24.0. The van der Waals surface area contributed by atoms with Crippen LogP contribution in [0.1, 0.15) is 89.5 Å². The third-order valence-corrected chi connectivity index (χ3v) is 9.70. The Balaban J connectivity index is 1.70. The van der Waals surface area contributed by atoms with Crippen molar-refractivity contribution in [3.05, 3.63) is 29.8 Å². The lowest BCUT2D eigenvalue weighted by Crippen LogP contribution is -2.45. The van der Waals surface area contributed by atoms with E-state index in [2.05, 4.69) is 38.1 Å². The van der Waals surface area contributed by atoms with Crippen LogP contribution in [0.25, 0.3) is 0 Å². The Labute approximate surface area is 196 Å². The monoisotopic (exact) mass is 440 g/mol. The molecule has 0 radical (unpaired) electrons. The van der Waals surface area contributed by atoms with E-state index in [1.807, 2.05) is 0 Å². The van der Waals surface area contributed by atoms with Crippen molar-refractivity contribution in [2.45, 2.75) is 102 Å². The van der Waals surface area contributed by atoms with Crippen LogP contribution in [-0.4, -0.2) is 18.1 Å². The Morgan fingerprint density at radius 1 is 0.656 bits per heavy atom. The quantitative estimate of drug-likeness (QED) is 0.483. The van der Waals surface area contributed by atoms with Gasteiger partial charge in [-0.15, -0.1) is 0 Å². The minimum atomic E-state index is 0.369. The summed E-state index contributed by atoms with van der Waals surface area (Å²) in [6.07, 6.45) is 12.3. The number of benzene rings is 1. The van der Waals surface area contributed by atoms with Crippen molar-refractivity contribution in [1.82, 2.24) is 0 Å². The summed E-state index contributed by atoms with van der Waals surface area (Å²) in [6, 6.07) is 10.0. The summed E-state index contributed by atoms with van der Waals surface area (Å²) < 4.78 is 0. The molecular weight excluding hydrogens is 392 g/mol. The number of hydrogen-bond acceptors (Lipinski definition) is 4. The van der Waals surface area contributed by atoms with E-state index in [4.69, 9.17) is 22.9 Å². The van der Waals surface area contributed by atoms with Gasteiger partial charge in [0.05, 0.1) is 0 Å². The van der Waals surface area contributed by atoms with E-state index in [-0.39, 0.29) is 0 Å². The maximum atomic E-state index is 6.48. The highest BCUT2D eigenvalue weighted by Gasteiger charge is 2.44. The average molecular weight is 441 g/mol. The molecule has 7 atom stereocenters. The molecule has 1 aromatic rings. The molecule has 0 heterocycles. The minimum absolute atomic E-state index is 0.369. The first-order chi connectivity index (χ1) is 15.3. The summed E-state index contributed by atoms with van der Waals surface area (Å²) in [4.78, 5) is 0. The maximum absolute atomic E-state index is 6.48. The fourth-order valence-electron chi connectivity index (χ4n) is 7.62. The second-order valence-corrected chi connectivity index (χ2v) is 11.9. The van der Waals surface area contributed by atoms with Crippen molar-refractivity contribution >= 4 is 5.69 Å². The highest BCUT2D eigenvalue weighted by atomic mass is 14.7. The zero-order chi connectivity index (χ0) is 22.8. The van der Waals surface area contributed by atoms with E-state index in [1.54, 1.807) is 0 Å². The van der Waals surface area contributed by atoms with Crippen molar-refractivity contribution in [2.75, 3.05) is 5.73 Å². The summed E-state index contributed by atoms with van der Waals surface area (Å²) in [5, 5.41) is 0. The van der Waals surface area contributed by atoms with Gasteiger partial charge in [-0.1, -0.05) is 26.0 Å². The summed E-state index contributed by atoms with van der Waals surface area (Å²) in [6.45, 7) is 4.76. The fourth-order valence-corrected chi connectivity index (χ4v) is 7.62. The predicted octanol–water partition coefficient (Wildman–Crippen LogP) is 5.01. The molecule has 8 N–H and O–H groups in total. The van der Waals surface area contributed by atoms with Gasteiger partial charge in [0.1, 0.15) is 0 Å². The maximum Gasteiger partial charge on any atom is 0.0314 e. The predicted molar refractivity (Wildman–Crippen MR) is 136 cm³/mol. The average Bonchev–Trinajstić information content (AvgIpc) is 2.78. The van der Waals surface area contributed by atoms with Crippen LogP contribution in [0.3, 0.4) is 0 Å². The molecule has 0 bridgehead atoms. The summed E-state index contributed by atoms with van der Waals surface area (Å²) >= 11 is 0. The van der Waals surface area contributed by atoms with Crippen LogP contribution in [0.4, 0.5) is 5.69 Å². The molecule has 32 heavy (non-hydrogen) atoms. The molecule has 0 amide bonds. The Morgan fingerprint density at radius 2 is 1.12 bits per heavy atom. The Hall–Kier alpha value is -1.10. The third-order valence-electron chi connectivity index (χ3n) is 9.70. The Kier molecular flexibility index (Phi) is 7.85. The van der Waals surface area contributed by atoms with E-state index in [0.29, 0.717) is 41.8 Å². The van der Waals surface area contributed by atoms with Crippen LogP contribution >= 0.6 is 0 Å². The van der Waals surface area contributed by atoms with Gasteiger partial charge in [0.2, 0.25) is 0 Å². The van der Waals surface area contributed by atoms with Crippen LogP contribution in [0.5, 0.6) is 0 Å². The van der Waals surface area contributed by atoms with Gasteiger partial charge in [-0.05, 0) is 123 Å². The van der Waals surface area contributed by atoms with E-state index in [0.717, 1.165) is 23.4 Å². The smallest absolute Gasteiger partial charge is 0.0314 e. The van der Waals surface area contributed by atoms with Crippen molar-refractivity contribution in [1.29, 1.82) is 0 Å². The Morgan fingerprint density at radius 3 is 1.59 bits per heavy atom. The van der Waals surface area contributed by atoms with Crippen molar-refractivity contribution in [3.63, 3.8) is 0 Å². The third kappa shape index (κ3) is 5.34. The van der Waals surface area contributed by atoms with Crippen LogP contribution in [0.15, 0.2) is 24.3 Å². The molecule has 4 heteroatoms. The van der Waals surface area contributed by atoms with Crippen molar-refractivity contribution < 1.29 is 0 Å². The summed E-state index contributed by atoms with van der Waals surface area (Å²) in [5.74, 6) is 4.78. The Bertz CT molecular complexity index is 685. The second kappa shape index (κ2) is 10.4. The molecule has 4 rings (SSSR count). The SMILES string of the molecule is CC1CC(C(C2CCC(N)C(C)C2)C(c2ccc(N)cc2)C2CCC(N)CC2)CCC1N. The molecule has 0 aromatic heterocycles. The molecule has 4 nitrogen and oxygen atoms in total. The van der Waals surface area contributed by atoms with E-state index in [1.165, 1.54) is 69.8 Å². The van der Waals surface area contributed by atoms with Crippen LogP contribution in [0.2, 0.25) is 0 Å². The first-order valence-corrected chi connectivity index (χ1v) is 13.5. The van der Waals surface area contributed by atoms with Crippen LogP contribution in [-0.2, 0) is 0 Å². The standard InChI is InChI=1S/C28H48N4/c1-17-15-21(7-13-25(17)31)28(22-8-14-26(32)18(2)16-22)27(19-3-9-23(29)10-4-19)20-5-11-24(30)12-6-20/h3-4,9-10,17-18,20-22,24-28H,5-8,11-16,29-32H2,1-2H3. The van der Waals surface area contributed by atoms with Crippen molar-refractivity contribution in [2.24, 2.45) is 52.7 Å². The van der Waals surface area contributed by atoms with Gasteiger partial charge in [0.25, 0.3) is 0 Å². The largest absolute Gasteiger partial charge is 0.399 e. The van der Waals surface area contributed by atoms with E-state index < -0.39 is 0 Å². The molecule has 0 aliphatic heterocycles. The molecule has 0 saturated heterocycles. The molecule has 3 saturated carbocycles. The number of anilines is 1. The van der Waals surface area contributed by atoms with Gasteiger partial charge in [-0.25, -0.2) is 0 Å². The zero-order valence-electron chi connectivity index (χ0n) is 20.5. The van der Waals surface area contributed by atoms with Gasteiger partial charge in [0, 0.05) is 23.8 Å². The number of rotatable bonds is 5. The lowest BCUT2D eigenvalue weighted by Gasteiger charge is -2.49. The molecule has 3 aliphatic carbocycles.